The lowest BCUT2D eigenvalue weighted by Crippen LogP contribution is -2.56. The second kappa shape index (κ2) is 10.3. The number of carboxylic acid groups (broad SMARTS) is 1. The van der Waals surface area contributed by atoms with E-state index in [1.54, 1.807) is 23.5 Å². The van der Waals surface area contributed by atoms with Gasteiger partial charge in [0.2, 0.25) is 5.91 Å². The molecule has 12 heteroatoms. The number of alkyl halides is 3. The summed E-state index contributed by atoms with van der Waals surface area (Å²) in [5.74, 6) is 0.728. The van der Waals surface area contributed by atoms with E-state index in [9.17, 15) is 27.9 Å². The fraction of sp³-hybridized carbons (Fsp3) is 0.500. The third-order valence-electron chi connectivity index (χ3n) is 7.20. The quantitative estimate of drug-likeness (QED) is 0.667. The standard InChI is InChI=1S/C24H29F3N6O3/c1-30(22(35)36)23(18-3-2-4-19(15-18)24(25,26)27)5-9-33(10-6-23)21(34)17-31-11-13-32(14-12-31)20-16-28-7-8-29-20/h2-4,7-8,15-16H,5-6,9-14,17H2,1H3,(H,35,36). The average molecular weight is 507 g/mol. The molecule has 2 aliphatic rings. The number of aromatic nitrogens is 2. The Hall–Kier alpha value is -3.41. The highest BCUT2D eigenvalue weighted by atomic mass is 19.4. The predicted octanol–water partition coefficient (Wildman–Crippen LogP) is 2.75. The van der Waals surface area contributed by atoms with Crippen molar-refractivity contribution < 1.29 is 27.9 Å². The molecule has 0 unspecified atom stereocenters. The van der Waals surface area contributed by atoms with E-state index in [0.29, 0.717) is 26.2 Å². The van der Waals surface area contributed by atoms with Crippen molar-refractivity contribution in [2.24, 2.45) is 0 Å². The van der Waals surface area contributed by atoms with Gasteiger partial charge < -0.3 is 19.8 Å². The summed E-state index contributed by atoms with van der Waals surface area (Å²) in [5, 5.41) is 9.69. The molecule has 2 aliphatic heterocycles. The summed E-state index contributed by atoms with van der Waals surface area (Å²) in [6, 6.07) is 4.82. The maximum absolute atomic E-state index is 13.3. The van der Waals surface area contributed by atoms with E-state index in [1.165, 1.54) is 19.2 Å². The lowest BCUT2D eigenvalue weighted by Gasteiger charge is -2.47. The van der Waals surface area contributed by atoms with E-state index >= 15 is 0 Å². The fourth-order valence-electron chi connectivity index (χ4n) is 4.99. The van der Waals surface area contributed by atoms with E-state index in [0.717, 1.165) is 22.9 Å². The van der Waals surface area contributed by atoms with E-state index in [1.807, 2.05) is 0 Å². The molecular weight excluding hydrogens is 477 g/mol. The van der Waals surface area contributed by atoms with E-state index in [4.69, 9.17) is 0 Å². The summed E-state index contributed by atoms with van der Waals surface area (Å²) in [6.07, 6.45) is -0.373. The zero-order valence-corrected chi connectivity index (χ0v) is 20.0. The maximum Gasteiger partial charge on any atom is 0.416 e. The SMILES string of the molecule is CN(C(=O)O)C1(c2cccc(C(F)(F)F)c2)CCN(C(=O)CN2CCN(c3cnccn3)CC2)CC1. The van der Waals surface area contributed by atoms with Crippen molar-refractivity contribution in [1.82, 2.24) is 24.7 Å². The Kier molecular flexibility index (Phi) is 7.34. The van der Waals surface area contributed by atoms with Crippen LogP contribution in [-0.4, -0.2) is 94.6 Å². The van der Waals surface area contributed by atoms with Gasteiger partial charge in [0.1, 0.15) is 5.82 Å². The van der Waals surface area contributed by atoms with Crippen LogP contribution in [0, 0.1) is 0 Å². The number of hydrogen-bond donors (Lipinski definition) is 1. The highest BCUT2D eigenvalue weighted by Crippen LogP contribution is 2.40. The highest BCUT2D eigenvalue weighted by Gasteiger charge is 2.44. The smallest absolute Gasteiger partial charge is 0.416 e. The maximum atomic E-state index is 13.3. The lowest BCUT2D eigenvalue weighted by molar-refractivity contribution is -0.137. The molecule has 0 aliphatic carbocycles. The van der Waals surface area contributed by atoms with Gasteiger partial charge in [0, 0.05) is 58.7 Å². The molecule has 0 spiro atoms. The summed E-state index contributed by atoms with van der Waals surface area (Å²) in [6.45, 7) is 3.55. The van der Waals surface area contributed by atoms with Crippen molar-refractivity contribution in [3.63, 3.8) is 0 Å². The van der Waals surface area contributed by atoms with Crippen LogP contribution in [0.2, 0.25) is 0 Å². The van der Waals surface area contributed by atoms with Crippen LogP contribution >= 0.6 is 0 Å². The Morgan fingerprint density at radius 1 is 1.08 bits per heavy atom. The van der Waals surface area contributed by atoms with Crippen molar-refractivity contribution in [1.29, 1.82) is 0 Å². The van der Waals surface area contributed by atoms with E-state index in [2.05, 4.69) is 19.8 Å². The first-order chi connectivity index (χ1) is 17.1. The summed E-state index contributed by atoms with van der Waals surface area (Å²) < 4.78 is 40.0. The minimum absolute atomic E-state index is 0.0708. The summed E-state index contributed by atoms with van der Waals surface area (Å²) in [4.78, 5) is 40.2. The van der Waals surface area contributed by atoms with Gasteiger partial charge in [-0.3, -0.25) is 14.7 Å². The topological polar surface area (TPSA) is 93.1 Å². The average Bonchev–Trinajstić information content (AvgIpc) is 2.88. The van der Waals surface area contributed by atoms with Crippen LogP contribution in [0.15, 0.2) is 42.9 Å². The van der Waals surface area contributed by atoms with Gasteiger partial charge in [0.25, 0.3) is 0 Å². The Morgan fingerprint density at radius 2 is 1.78 bits per heavy atom. The summed E-state index contributed by atoms with van der Waals surface area (Å²) in [7, 11) is 1.37. The highest BCUT2D eigenvalue weighted by molar-refractivity contribution is 5.78. The zero-order valence-electron chi connectivity index (χ0n) is 20.0. The number of piperidine rings is 1. The molecule has 0 radical (unpaired) electrons. The molecule has 36 heavy (non-hydrogen) atoms. The van der Waals surface area contributed by atoms with Crippen molar-refractivity contribution in [2.75, 3.05) is 57.8 Å². The number of carbonyl (C=O) groups excluding carboxylic acids is 1. The molecule has 1 aromatic heterocycles. The van der Waals surface area contributed by atoms with Crippen molar-refractivity contribution >= 4 is 17.8 Å². The number of likely N-dealkylation sites (tertiary alicyclic amines) is 1. The fourth-order valence-corrected chi connectivity index (χ4v) is 4.99. The first kappa shape index (κ1) is 25.7. The molecule has 1 N–H and O–H groups in total. The second-order valence-corrected chi connectivity index (χ2v) is 9.16. The van der Waals surface area contributed by atoms with Crippen LogP contribution in [0.25, 0.3) is 0 Å². The third kappa shape index (κ3) is 5.38. The van der Waals surface area contributed by atoms with Crippen LogP contribution in [-0.2, 0) is 16.5 Å². The van der Waals surface area contributed by atoms with Gasteiger partial charge >= 0.3 is 12.3 Å². The normalized spacial score (nSPS) is 18.7. The summed E-state index contributed by atoms with van der Waals surface area (Å²) in [5.41, 5.74) is -1.68. The second-order valence-electron chi connectivity index (χ2n) is 9.16. The van der Waals surface area contributed by atoms with Gasteiger partial charge in [-0.1, -0.05) is 12.1 Å². The van der Waals surface area contributed by atoms with Crippen molar-refractivity contribution in [3.8, 4) is 0 Å². The number of carbonyl (C=O) groups is 2. The Balaban J connectivity index is 1.40. The number of rotatable bonds is 5. The molecule has 0 saturated carbocycles. The Morgan fingerprint density at radius 3 is 2.36 bits per heavy atom. The predicted molar refractivity (Wildman–Crippen MR) is 125 cm³/mol. The molecule has 194 valence electrons. The van der Waals surface area contributed by atoms with E-state index in [-0.39, 0.29) is 43.9 Å². The van der Waals surface area contributed by atoms with Crippen LogP contribution < -0.4 is 4.90 Å². The number of amides is 2. The molecular formula is C24H29F3N6O3. The number of nitrogens with zero attached hydrogens (tertiary/aromatic N) is 6. The number of hydrogen-bond acceptors (Lipinski definition) is 6. The van der Waals surface area contributed by atoms with Crippen LogP contribution in [0.1, 0.15) is 24.0 Å². The number of halogens is 3. The van der Waals surface area contributed by atoms with Crippen LogP contribution in [0.4, 0.5) is 23.8 Å². The van der Waals surface area contributed by atoms with Gasteiger partial charge in [-0.2, -0.15) is 13.2 Å². The van der Waals surface area contributed by atoms with Gasteiger partial charge in [-0.25, -0.2) is 9.78 Å². The number of piperazine rings is 1. The molecule has 4 rings (SSSR count). The third-order valence-corrected chi connectivity index (χ3v) is 7.20. The number of benzene rings is 1. The molecule has 1 aromatic carbocycles. The molecule has 2 fully saturated rings. The molecule has 0 atom stereocenters. The van der Waals surface area contributed by atoms with E-state index < -0.39 is 23.4 Å². The minimum Gasteiger partial charge on any atom is -0.465 e. The molecule has 2 aromatic rings. The lowest BCUT2D eigenvalue weighted by atomic mass is 9.79. The largest absolute Gasteiger partial charge is 0.465 e. The molecule has 2 saturated heterocycles. The van der Waals surface area contributed by atoms with Crippen LogP contribution in [0.5, 0.6) is 0 Å². The molecule has 2 amide bonds. The Bertz CT molecular complexity index is 1070. The number of anilines is 1. The van der Waals surface area contributed by atoms with Gasteiger partial charge in [-0.05, 0) is 30.5 Å². The molecule has 0 bridgehead atoms. The van der Waals surface area contributed by atoms with Crippen molar-refractivity contribution in [3.05, 3.63) is 54.0 Å². The zero-order chi connectivity index (χ0) is 25.9. The van der Waals surface area contributed by atoms with Crippen LogP contribution in [0.3, 0.4) is 0 Å². The first-order valence-electron chi connectivity index (χ1n) is 11.8. The minimum atomic E-state index is -4.53. The monoisotopic (exact) mass is 506 g/mol. The van der Waals surface area contributed by atoms with Gasteiger partial charge in [0.05, 0.1) is 23.8 Å². The van der Waals surface area contributed by atoms with Gasteiger partial charge in [-0.15, -0.1) is 0 Å². The molecule has 9 nitrogen and oxygen atoms in total. The van der Waals surface area contributed by atoms with Gasteiger partial charge in [0.15, 0.2) is 0 Å². The molecule has 3 heterocycles. The van der Waals surface area contributed by atoms with Crippen molar-refractivity contribution in [2.45, 2.75) is 24.6 Å². The first-order valence-corrected chi connectivity index (χ1v) is 11.8. The summed E-state index contributed by atoms with van der Waals surface area (Å²) >= 11 is 0. The Labute approximate surface area is 207 Å².